The van der Waals surface area contributed by atoms with Crippen molar-refractivity contribution in [3.63, 3.8) is 0 Å². The summed E-state index contributed by atoms with van der Waals surface area (Å²) in [5.41, 5.74) is -2.47. The van der Waals surface area contributed by atoms with Crippen molar-refractivity contribution in [3.05, 3.63) is 82.4 Å². The lowest BCUT2D eigenvalue weighted by atomic mass is 9.54. The normalized spacial score (nSPS) is 20.9. The fraction of sp³-hybridized carbons (Fsp3) is 0.240. The van der Waals surface area contributed by atoms with E-state index in [1.165, 1.54) is 42.5 Å². The first-order chi connectivity index (χ1) is 16.3. The molecule has 0 saturated carbocycles. The lowest BCUT2D eigenvalue weighted by Gasteiger charge is -2.44. The Morgan fingerprint density at radius 2 is 1.62 bits per heavy atom. The summed E-state index contributed by atoms with van der Waals surface area (Å²) >= 11 is 0. The summed E-state index contributed by atoms with van der Waals surface area (Å²) in [4.78, 5) is 25.7. The molecule has 0 aromatic heterocycles. The van der Waals surface area contributed by atoms with Crippen LogP contribution in [0.25, 0.3) is 0 Å². The molecule has 0 amide bonds. The van der Waals surface area contributed by atoms with Crippen molar-refractivity contribution in [1.82, 2.24) is 0 Å². The maximum Gasteiger partial charge on any atom is 0.337 e. The Kier molecular flexibility index (Phi) is 6.66. The summed E-state index contributed by atoms with van der Waals surface area (Å²) in [6.45, 7) is 0. The third kappa shape index (κ3) is 3.62. The molecule has 8 nitrogen and oxygen atoms in total. The molecule has 34 heavy (non-hydrogen) atoms. The number of carbonyl (C=O) groups is 2. The van der Waals surface area contributed by atoms with Gasteiger partial charge in [-0.2, -0.15) is 15.8 Å². The van der Waals surface area contributed by atoms with E-state index in [0.29, 0.717) is 0 Å². The smallest absolute Gasteiger partial charge is 0.337 e. The van der Waals surface area contributed by atoms with Crippen molar-refractivity contribution in [3.8, 4) is 18.2 Å². The van der Waals surface area contributed by atoms with Crippen molar-refractivity contribution in [2.75, 3.05) is 14.2 Å². The zero-order valence-corrected chi connectivity index (χ0v) is 18.2. The van der Waals surface area contributed by atoms with E-state index in [4.69, 9.17) is 14.7 Å². The van der Waals surface area contributed by atoms with E-state index >= 15 is 4.39 Å². The van der Waals surface area contributed by atoms with Gasteiger partial charge < -0.3 is 14.6 Å². The molecule has 1 aliphatic carbocycles. The minimum Gasteiger partial charge on any atom is -0.511 e. The van der Waals surface area contributed by atoms with Crippen LogP contribution in [0.2, 0.25) is 0 Å². The van der Waals surface area contributed by atoms with Gasteiger partial charge in [0.1, 0.15) is 17.5 Å². The summed E-state index contributed by atoms with van der Waals surface area (Å²) in [7, 11) is 2.06. The standard InChI is InChI=1S/C25H18FN3O5/c1-33-23(31)18-20(15-9-7-14(11-27)8-10-15)25(12-28,13-29)21(16-5-3-4-6-17(16)26)19(22(18)30)24(32)34-2/h3-10,19-21,30H,1-2H3/t19-,20+,21-/m0/s1. The van der Waals surface area contributed by atoms with Crippen molar-refractivity contribution < 1.29 is 28.6 Å². The molecule has 3 rings (SSSR count). The van der Waals surface area contributed by atoms with Gasteiger partial charge in [0.25, 0.3) is 0 Å². The molecule has 9 heteroatoms. The van der Waals surface area contributed by atoms with E-state index in [2.05, 4.69) is 0 Å². The molecule has 1 aliphatic rings. The maximum absolute atomic E-state index is 15.0. The van der Waals surface area contributed by atoms with E-state index in [1.807, 2.05) is 18.2 Å². The van der Waals surface area contributed by atoms with Crippen molar-refractivity contribution in [2.45, 2.75) is 11.8 Å². The Hall–Kier alpha value is -4.68. The second-order valence-corrected chi connectivity index (χ2v) is 7.55. The quantitative estimate of drug-likeness (QED) is 0.685. The number of aliphatic hydroxyl groups is 1. The molecule has 0 aliphatic heterocycles. The molecule has 2 aromatic carbocycles. The molecule has 3 atom stereocenters. The van der Waals surface area contributed by atoms with Crippen LogP contribution in [0.5, 0.6) is 0 Å². The maximum atomic E-state index is 15.0. The molecule has 170 valence electrons. The van der Waals surface area contributed by atoms with Gasteiger partial charge in [-0.05, 0) is 29.3 Å². The second-order valence-electron chi connectivity index (χ2n) is 7.55. The van der Waals surface area contributed by atoms with Crippen LogP contribution < -0.4 is 0 Å². The number of ether oxygens (including phenoxy) is 2. The van der Waals surface area contributed by atoms with Gasteiger partial charge in [0.15, 0.2) is 5.41 Å². The second kappa shape index (κ2) is 9.44. The van der Waals surface area contributed by atoms with Crippen LogP contribution in [0.4, 0.5) is 4.39 Å². The molecule has 0 fully saturated rings. The predicted molar refractivity (Wildman–Crippen MR) is 114 cm³/mol. The Balaban J connectivity index is 2.50. The minimum absolute atomic E-state index is 0.185. The molecule has 0 radical (unpaired) electrons. The molecule has 0 spiro atoms. The number of esters is 2. The lowest BCUT2D eigenvalue weighted by molar-refractivity contribution is -0.147. The van der Waals surface area contributed by atoms with Crippen LogP contribution in [0.3, 0.4) is 0 Å². The van der Waals surface area contributed by atoms with Crippen LogP contribution in [-0.2, 0) is 19.1 Å². The highest BCUT2D eigenvalue weighted by Crippen LogP contribution is 2.59. The Morgan fingerprint density at radius 3 is 2.12 bits per heavy atom. The first-order valence-corrected chi connectivity index (χ1v) is 9.97. The van der Waals surface area contributed by atoms with E-state index in [9.17, 15) is 25.2 Å². The monoisotopic (exact) mass is 459 g/mol. The number of benzene rings is 2. The Morgan fingerprint density at radius 1 is 1.00 bits per heavy atom. The van der Waals surface area contributed by atoms with E-state index < -0.39 is 52.3 Å². The molecule has 0 heterocycles. The molecule has 0 bridgehead atoms. The zero-order chi connectivity index (χ0) is 25.0. The Labute approximate surface area is 194 Å². The number of methoxy groups -OCH3 is 2. The summed E-state index contributed by atoms with van der Waals surface area (Å²) in [6, 6.07) is 16.6. The lowest BCUT2D eigenvalue weighted by Crippen LogP contribution is -2.47. The summed E-state index contributed by atoms with van der Waals surface area (Å²) < 4.78 is 24.6. The van der Waals surface area contributed by atoms with Crippen LogP contribution in [0.15, 0.2) is 59.9 Å². The highest BCUT2D eigenvalue weighted by atomic mass is 19.1. The molecule has 0 unspecified atom stereocenters. The molecular weight excluding hydrogens is 441 g/mol. The van der Waals surface area contributed by atoms with Gasteiger partial charge in [-0.25, -0.2) is 9.18 Å². The van der Waals surface area contributed by atoms with Crippen molar-refractivity contribution >= 4 is 11.9 Å². The van der Waals surface area contributed by atoms with E-state index in [-0.39, 0.29) is 16.7 Å². The molecule has 1 N–H and O–H groups in total. The van der Waals surface area contributed by atoms with Gasteiger partial charge in [-0.3, -0.25) is 4.79 Å². The number of hydrogen-bond donors (Lipinski definition) is 1. The Bertz CT molecular complexity index is 1280. The third-order valence-corrected chi connectivity index (χ3v) is 5.98. The average molecular weight is 459 g/mol. The van der Waals surface area contributed by atoms with Gasteiger partial charge in [0.05, 0.1) is 49.5 Å². The van der Waals surface area contributed by atoms with Crippen molar-refractivity contribution in [2.24, 2.45) is 11.3 Å². The fourth-order valence-corrected chi connectivity index (χ4v) is 4.48. The largest absolute Gasteiger partial charge is 0.511 e. The number of nitriles is 3. The molecule has 2 aromatic rings. The highest BCUT2D eigenvalue weighted by Gasteiger charge is 2.62. The topological polar surface area (TPSA) is 144 Å². The van der Waals surface area contributed by atoms with Crippen LogP contribution in [0.1, 0.15) is 28.5 Å². The number of hydrogen-bond acceptors (Lipinski definition) is 8. The summed E-state index contributed by atoms with van der Waals surface area (Å²) in [6.07, 6.45) is 0. The number of halogens is 1. The first-order valence-electron chi connectivity index (χ1n) is 9.97. The summed E-state index contributed by atoms with van der Waals surface area (Å²) in [5.74, 6) is -8.50. The number of aliphatic hydroxyl groups excluding tert-OH is 1. The minimum atomic E-state index is -2.26. The van der Waals surface area contributed by atoms with E-state index in [1.54, 1.807) is 0 Å². The zero-order valence-electron chi connectivity index (χ0n) is 18.2. The number of rotatable bonds is 4. The highest BCUT2D eigenvalue weighted by molar-refractivity contribution is 5.94. The average Bonchev–Trinajstić information content (AvgIpc) is 2.87. The van der Waals surface area contributed by atoms with E-state index in [0.717, 1.165) is 20.3 Å². The van der Waals surface area contributed by atoms with Crippen LogP contribution >= 0.6 is 0 Å². The number of nitrogens with zero attached hydrogens (tertiary/aromatic N) is 3. The third-order valence-electron chi connectivity index (χ3n) is 5.98. The van der Waals surface area contributed by atoms with Gasteiger partial charge >= 0.3 is 11.9 Å². The van der Waals surface area contributed by atoms with Gasteiger partial charge in [0.2, 0.25) is 0 Å². The fourth-order valence-electron chi connectivity index (χ4n) is 4.48. The molecule has 0 saturated heterocycles. The van der Waals surface area contributed by atoms with Gasteiger partial charge in [0, 0.05) is 5.92 Å². The molecular formula is C25H18FN3O5. The van der Waals surface area contributed by atoms with Crippen LogP contribution in [0, 0.1) is 51.1 Å². The van der Waals surface area contributed by atoms with Gasteiger partial charge in [-0.15, -0.1) is 0 Å². The number of carbonyl (C=O) groups excluding carboxylic acids is 2. The first kappa shape index (κ1) is 24.0. The van der Waals surface area contributed by atoms with Crippen molar-refractivity contribution in [1.29, 1.82) is 15.8 Å². The SMILES string of the molecule is COC(=O)C1=C(O)[C@@H](C(=O)OC)[C@H](c2ccccc2F)C(C#N)(C#N)[C@@H]1c1ccc(C#N)cc1. The van der Waals surface area contributed by atoms with Crippen LogP contribution in [-0.4, -0.2) is 31.3 Å². The summed E-state index contributed by atoms with van der Waals surface area (Å²) in [5, 5.41) is 41.1. The predicted octanol–water partition coefficient (Wildman–Crippen LogP) is 3.39. The van der Waals surface area contributed by atoms with Gasteiger partial charge in [-0.1, -0.05) is 30.3 Å².